The van der Waals surface area contributed by atoms with Gasteiger partial charge in [0.1, 0.15) is 11.5 Å². The number of nitrogens with one attached hydrogen (secondary N) is 2. The van der Waals surface area contributed by atoms with E-state index in [2.05, 4.69) is 20.6 Å². The smallest absolute Gasteiger partial charge is 0.275 e. The lowest BCUT2D eigenvalue weighted by Crippen LogP contribution is -2.15. The van der Waals surface area contributed by atoms with Crippen LogP contribution < -0.4 is 15.5 Å². The first-order valence-corrected chi connectivity index (χ1v) is 6.75. The van der Waals surface area contributed by atoms with Crippen LogP contribution in [0.15, 0.2) is 36.7 Å². The Bertz CT molecular complexity index is 610. The molecule has 1 aromatic carbocycles. The lowest BCUT2D eigenvalue weighted by atomic mass is 10.2. The fourth-order valence-electron chi connectivity index (χ4n) is 1.77. The highest BCUT2D eigenvalue weighted by atomic mass is 16.1. The van der Waals surface area contributed by atoms with E-state index in [1.165, 1.54) is 6.20 Å². The van der Waals surface area contributed by atoms with Crippen LogP contribution in [-0.4, -0.2) is 36.5 Å². The van der Waals surface area contributed by atoms with Gasteiger partial charge in [0.05, 0.1) is 12.4 Å². The summed E-state index contributed by atoms with van der Waals surface area (Å²) in [7, 11) is 3.90. The predicted octanol–water partition coefficient (Wildman–Crippen LogP) is 2.23. The largest absolute Gasteiger partial charge is 0.378 e. The third-order valence-corrected chi connectivity index (χ3v) is 2.86. The number of rotatable bonds is 5. The van der Waals surface area contributed by atoms with Crippen molar-refractivity contribution in [1.82, 2.24) is 9.97 Å². The second-order valence-electron chi connectivity index (χ2n) is 4.72. The first-order valence-electron chi connectivity index (χ1n) is 6.75. The Balaban J connectivity index is 2.08. The Labute approximate surface area is 124 Å². The van der Waals surface area contributed by atoms with Crippen LogP contribution in [0.3, 0.4) is 0 Å². The topological polar surface area (TPSA) is 70.2 Å². The van der Waals surface area contributed by atoms with Crippen LogP contribution in [0, 0.1) is 0 Å². The fourth-order valence-corrected chi connectivity index (χ4v) is 1.77. The summed E-state index contributed by atoms with van der Waals surface area (Å²) in [6.45, 7) is 2.73. The Kier molecular flexibility index (Phi) is 4.71. The van der Waals surface area contributed by atoms with Crippen molar-refractivity contribution in [3.8, 4) is 0 Å². The van der Waals surface area contributed by atoms with Crippen molar-refractivity contribution < 1.29 is 4.79 Å². The first kappa shape index (κ1) is 14.8. The number of carbonyl (C=O) groups is 1. The molecule has 0 aliphatic carbocycles. The maximum Gasteiger partial charge on any atom is 0.275 e. The SMILES string of the molecule is CCNc1cnc(C(=O)Nc2cccc(N(C)C)c2)cn1. The summed E-state index contributed by atoms with van der Waals surface area (Å²) in [4.78, 5) is 22.3. The Hall–Kier alpha value is -2.63. The fraction of sp³-hybridized carbons (Fsp3) is 0.267. The quantitative estimate of drug-likeness (QED) is 0.881. The molecule has 0 atom stereocenters. The molecule has 1 aromatic heterocycles. The third kappa shape index (κ3) is 3.92. The molecule has 0 radical (unpaired) electrons. The van der Waals surface area contributed by atoms with Crippen LogP contribution in [0.2, 0.25) is 0 Å². The van der Waals surface area contributed by atoms with Gasteiger partial charge in [0.15, 0.2) is 0 Å². The molecule has 6 nitrogen and oxygen atoms in total. The average molecular weight is 285 g/mol. The third-order valence-electron chi connectivity index (χ3n) is 2.86. The van der Waals surface area contributed by atoms with E-state index in [4.69, 9.17) is 0 Å². The maximum atomic E-state index is 12.1. The van der Waals surface area contributed by atoms with Gasteiger partial charge >= 0.3 is 0 Å². The average Bonchev–Trinajstić information content (AvgIpc) is 2.48. The van der Waals surface area contributed by atoms with E-state index in [-0.39, 0.29) is 11.6 Å². The highest BCUT2D eigenvalue weighted by Gasteiger charge is 2.09. The van der Waals surface area contributed by atoms with Crippen molar-refractivity contribution in [3.05, 3.63) is 42.4 Å². The van der Waals surface area contributed by atoms with E-state index in [9.17, 15) is 4.79 Å². The van der Waals surface area contributed by atoms with Crippen LogP contribution in [0.1, 0.15) is 17.4 Å². The standard InChI is InChI=1S/C15H19N5O/c1-4-16-14-10-17-13(9-18-14)15(21)19-11-6-5-7-12(8-11)20(2)3/h5-10H,4H2,1-3H3,(H,16,18)(H,19,21). The van der Waals surface area contributed by atoms with E-state index in [0.29, 0.717) is 5.82 Å². The van der Waals surface area contributed by atoms with Gasteiger partial charge in [0, 0.05) is 32.0 Å². The van der Waals surface area contributed by atoms with Crippen LogP contribution >= 0.6 is 0 Å². The molecule has 0 saturated heterocycles. The summed E-state index contributed by atoms with van der Waals surface area (Å²) >= 11 is 0. The molecule has 21 heavy (non-hydrogen) atoms. The van der Waals surface area contributed by atoms with Crippen molar-refractivity contribution in [1.29, 1.82) is 0 Å². The van der Waals surface area contributed by atoms with E-state index >= 15 is 0 Å². The monoisotopic (exact) mass is 285 g/mol. The van der Waals surface area contributed by atoms with Gasteiger partial charge in [-0.3, -0.25) is 4.79 Å². The highest BCUT2D eigenvalue weighted by molar-refractivity contribution is 6.02. The molecule has 2 rings (SSSR count). The summed E-state index contributed by atoms with van der Waals surface area (Å²) in [5, 5.41) is 5.85. The van der Waals surface area contributed by atoms with Gasteiger partial charge < -0.3 is 15.5 Å². The lowest BCUT2D eigenvalue weighted by molar-refractivity contribution is 0.102. The number of amides is 1. The summed E-state index contributed by atoms with van der Waals surface area (Å²) in [6, 6.07) is 7.61. The molecule has 0 bridgehead atoms. The molecular formula is C15H19N5O. The molecule has 1 amide bonds. The van der Waals surface area contributed by atoms with Crippen molar-refractivity contribution in [2.24, 2.45) is 0 Å². The number of aromatic nitrogens is 2. The van der Waals surface area contributed by atoms with E-state index in [0.717, 1.165) is 17.9 Å². The Morgan fingerprint density at radius 2 is 2.05 bits per heavy atom. The zero-order valence-electron chi connectivity index (χ0n) is 12.4. The molecule has 0 saturated carbocycles. The van der Waals surface area contributed by atoms with Gasteiger partial charge in [-0.1, -0.05) is 6.07 Å². The normalized spacial score (nSPS) is 10.0. The lowest BCUT2D eigenvalue weighted by Gasteiger charge is -2.13. The summed E-state index contributed by atoms with van der Waals surface area (Å²) < 4.78 is 0. The van der Waals surface area contributed by atoms with Gasteiger partial charge in [-0.05, 0) is 25.1 Å². The number of hydrogen-bond donors (Lipinski definition) is 2. The number of carbonyl (C=O) groups excluding carboxylic acids is 1. The summed E-state index contributed by atoms with van der Waals surface area (Å²) in [5.41, 5.74) is 2.03. The van der Waals surface area contributed by atoms with Crippen molar-refractivity contribution in [2.45, 2.75) is 6.92 Å². The molecule has 2 aromatic rings. The number of hydrogen-bond acceptors (Lipinski definition) is 5. The molecule has 110 valence electrons. The Morgan fingerprint density at radius 3 is 2.67 bits per heavy atom. The second kappa shape index (κ2) is 6.69. The van der Waals surface area contributed by atoms with E-state index in [1.807, 2.05) is 50.2 Å². The minimum absolute atomic E-state index is 0.276. The van der Waals surface area contributed by atoms with E-state index < -0.39 is 0 Å². The van der Waals surface area contributed by atoms with Gasteiger partial charge in [0.2, 0.25) is 0 Å². The van der Waals surface area contributed by atoms with Crippen LogP contribution in [0.4, 0.5) is 17.2 Å². The minimum atomic E-state index is -0.276. The molecular weight excluding hydrogens is 266 g/mol. The second-order valence-corrected chi connectivity index (χ2v) is 4.72. The highest BCUT2D eigenvalue weighted by Crippen LogP contribution is 2.17. The zero-order valence-corrected chi connectivity index (χ0v) is 12.4. The van der Waals surface area contributed by atoms with Gasteiger partial charge in [0.25, 0.3) is 5.91 Å². The molecule has 0 aliphatic heterocycles. The Morgan fingerprint density at radius 1 is 1.24 bits per heavy atom. The van der Waals surface area contributed by atoms with Gasteiger partial charge in [-0.2, -0.15) is 0 Å². The molecule has 0 aliphatic rings. The van der Waals surface area contributed by atoms with Crippen LogP contribution in [0.25, 0.3) is 0 Å². The molecule has 0 spiro atoms. The molecule has 0 fully saturated rings. The van der Waals surface area contributed by atoms with Crippen LogP contribution in [-0.2, 0) is 0 Å². The van der Waals surface area contributed by atoms with Crippen molar-refractivity contribution >= 4 is 23.1 Å². The van der Waals surface area contributed by atoms with Crippen LogP contribution in [0.5, 0.6) is 0 Å². The van der Waals surface area contributed by atoms with Gasteiger partial charge in [-0.15, -0.1) is 0 Å². The first-order chi connectivity index (χ1) is 10.1. The number of anilines is 3. The zero-order chi connectivity index (χ0) is 15.2. The van der Waals surface area contributed by atoms with Crippen molar-refractivity contribution in [2.75, 3.05) is 36.2 Å². The minimum Gasteiger partial charge on any atom is -0.378 e. The number of nitrogens with zero attached hydrogens (tertiary/aromatic N) is 3. The number of benzene rings is 1. The maximum absolute atomic E-state index is 12.1. The van der Waals surface area contributed by atoms with Crippen molar-refractivity contribution in [3.63, 3.8) is 0 Å². The molecule has 6 heteroatoms. The molecule has 1 heterocycles. The summed E-state index contributed by atoms with van der Waals surface area (Å²) in [6.07, 6.45) is 3.01. The molecule has 0 unspecified atom stereocenters. The predicted molar refractivity (Wildman–Crippen MR) is 84.9 cm³/mol. The molecule has 2 N–H and O–H groups in total. The summed E-state index contributed by atoms with van der Waals surface area (Å²) in [5.74, 6) is 0.380. The van der Waals surface area contributed by atoms with Gasteiger partial charge in [-0.25, -0.2) is 9.97 Å². The van der Waals surface area contributed by atoms with E-state index in [1.54, 1.807) is 6.20 Å².